The first-order chi connectivity index (χ1) is 17.4. The summed E-state index contributed by atoms with van der Waals surface area (Å²) in [6, 6.07) is 6.50. The van der Waals surface area contributed by atoms with Crippen LogP contribution in [0.15, 0.2) is 18.2 Å². The predicted octanol–water partition coefficient (Wildman–Crippen LogP) is 5.66. The van der Waals surface area contributed by atoms with Crippen molar-refractivity contribution in [2.45, 2.75) is 31.3 Å². The lowest BCUT2D eigenvalue weighted by atomic mass is 9.93. The number of aromatic nitrogens is 2. The number of rotatable bonds is 3. The number of nitrogens with two attached hydrogens (primary N) is 1. The van der Waals surface area contributed by atoms with Gasteiger partial charge >= 0.3 is 6.01 Å². The fourth-order valence-electron chi connectivity index (χ4n) is 5.38. The minimum absolute atomic E-state index is 0.0114. The highest BCUT2D eigenvalue weighted by Gasteiger charge is 2.37. The molecule has 2 aromatic heterocycles. The summed E-state index contributed by atoms with van der Waals surface area (Å²) in [6.07, 6.45) is 2.95. The Bertz CT molecular complexity index is 1570. The molecule has 2 unspecified atom stereocenters. The molecule has 2 N–H and O–H groups in total. The Labute approximate surface area is 214 Å². The first-order valence-corrected chi connectivity index (χ1v) is 12.6. The molecule has 2 bridgehead atoms. The molecule has 36 heavy (non-hydrogen) atoms. The number of piperidine rings is 1. The van der Waals surface area contributed by atoms with Crippen LogP contribution in [0.25, 0.3) is 32.1 Å². The Hall–Kier alpha value is -3.26. The van der Waals surface area contributed by atoms with Gasteiger partial charge in [0.1, 0.15) is 28.2 Å². The molecule has 2 saturated heterocycles. The molecule has 2 aliphatic rings. The molecule has 11 heteroatoms. The number of fused-ring (bicyclic) bond motifs is 4. The molecule has 6 rings (SSSR count). The maximum atomic E-state index is 16.4. The summed E-state index contributed by atoms with van der Waals surface area (Å²) in [5.41, 5.74) is 6.37. The molecule has 2 aromatic carbocycles. The van der Waals surface area contributed by atoms with Crippen molar-refractivity contribution >= 4 is 54.7 Å². The second kappa shape index (κ2) is 8.69. The number of ether oxygens (including phenoxy) is 2. The SMILES string of the molecule is COc1nc(N2C3CCCC2COC3)c2cc(Cl)c(-c3ccc(F)c4sc(N)c(C#N)c34)c(F)c2n1. The van der Waals surface area contributed by atoms with Crippen LogP contribution in [0.3, 0.4) is 0 Å². The Kier molecular flexibility index (Phi) is 5.59. The molecule has 7 nitrogen and oxygen atoms in total. The number of halogens is 3. The smallest absolute Gasteiger partial charge is 0.318 e. The molecular formula is C25H20ClF2N5O2S. The van der Waals surface area contributed by atoms with Gasteiger partial charge in [-0.2, -0.15) is 15.2 Å². The summed E-state index contributed by atoms with van der Waals surface area (Å²) >= 11 is 7.66. The van der Waals surface area contributed by atoms with E-state index in [9.17, 15) is 9.65 Å². The van der Waals surface area contributed by atoms with E-state index in [0.717, 1.165) is 30.6 Å². The lowest BCUT2D eigenvalue weighted by Gasteiger charge is -2.46. The van der Waals surface area contributed by atoms with Crippen molar-refractivity contribution in [2.75, 3.05) is 31.0 Å². The average molecular weight is 528 g/mol. The molecule has 0 radical (unpaired) electrons. The zero-order valence-electron chi connectivity index (χ0n) is 19.1. The number of nitrogens with zero attached hydrogens (tertiary/aromatic N) is 4. The van der Waals surface area contributed by atoms with E-state index in [0.29, 0.717) is 24.4 Å². The maximum Gasteiger partial charge on any atom is 0.318 e. The van der Waals surface area contributed by atoms with Crippen molar-refractivity contribution in [3.05, 3.63) is 40.4 Å². The van der Waals surface area contributed by atoms with Gasteiger partial charge in [-0.3, -0.25) is 0 Å². The highest BCUT2D eigenvalue weighted by Crippen LogP contribution is 2.46. The zero-order valence-corrected chi connectivity index (χ0v) is 20.7. The third-order valence-electron chi connectivity index (χ3n) is 6.95. The number of anilines is 2. The van der Waals surface area contributed by atoms with Crippen molar-refractivity contribution in [1.29, 1.82) is 5.26 Å². The van der Waals surface area contributed by atoms with Crippen LogP contribution >= 0.6 is 22.9 Å². The topological polar surface area (TPSA) is 97.3 Å². The summed E-state index contributed by atoms with van der Waals surface area (Å²) in [4.78, 5) is 11.1. The fraction of sp³-hybridized carbons (Fsp3) is 0.320. The minimum Gasteiger partial charge on any atom is -0.467 e. The number of benzene rings is 2. The Morgan fingerprint density at radius 2 is 2.00 bits per heavy atom. The van der Waals surface area contributed by atoms with E-state index in [1.807, 2.05) is 6.07 Å². The van der Waals surface area contributed by atoms with Crippen LogP contribution in [0.1, 0.15) is 24.8 Å². The maximum absolute atomic E-state index is 16.4. The van der Waals surface area contributed by atoms with Crippen LogP contribution < -0.4 is 15.4 Å². The highest BCUT2D eigenvalue weighted by atomic mass is 35.5. The number of methoxy groups -OCH3 is 1. The molecule has 2 atom stereocenters. The molecule has 0 amide bonds. The largest absolute Gasteiger partial charge is 0.467 e. The van der Waals surface area contributed by atoms with Gasteiger partial charge < -0.3 is 20.1 Å². The van der Waals surface area contributed by atoms with Gasteiger partial charge in [0.2, 0.25) is 0 Å². The summed E-state index contributed by atoms with van der Waals surface area (Å²) in [6.45, 7) is 1.12. The second-order valence-electron chi connectivity index (χ2n) is 8.91. The average Bonchev–Trinajstić information content (AvgIpc) is 3.21. The van der Waals surface area contributed by atoms with Gasteiger partial charge in [-0.05, 0) is 37.0 Å². The lowest BCUT2D eigenvalue weighted by molar-refractivity contribution is 0.0459. The third kappa shape index (κ3) is 3.38. The quantitative estimate of drug-likeness (QED) is 0.367. The number of morpholine rings is 1. The molecule has 2 aliphatic heterocycles. The van der Waals surface area contributed by atoms with Gasteiger partial charge in [0.05, 0.1) is 47.7 Å². The molecule has 4 aromatic rings. The number of nitrogen functional groups attached to an aromatic ring is 1. The summed E-state index contributed by atoms with van der Waals surface area (Å²) in [5, 5.41) is 10.6. The lowest BCUT2D eigenvalue weighted by Crippen LogP contribution is -2.55. The first kappa shape index (κ1) is 23.2. The molecule has 2 fully saturated rings. The van der Waals surface area contributed by atoms with Gasteiger partial charge in [-0.1, -0.05) is 17.7 Å². The van der Waals surface area contributed by atoms with Crippen molar-refractivity contribution < 1.29 is 18.3 Å². The van der Waals surface area contributed by atoms with Crippen LogP contribution in [-0.2, 0) is 4.74 Å². The molecule has 0 saturated carbocycles. The van der Waals surface area contributed by atoms with E-state index in [1.54, 1.807) is 6.07 Å². The molecular weight excluding hydrogens is 508 g/mol. The van der Waals surface area contributed by atoms with Crippen LogP contribution in [0.4, 0.5) is 19.6 Å². The fourth-order valence-corrected chi connectivity index (χ4v) is 6.63. The van der Waals surface area contributed by atoms with Gasteiger partial charge in [0.25, 0.3) is 0 Å². The minimum atomic E-state index is -0.709. The van der Waals surface area contributed by atoms with Crippen molar-refractivity contribution in [2.24, 2.45) is 0 Å². The standard InChI is InChI=1S/C25H20ClF2N5O2S/c1-34-25-31-21-14(24(32-25)33-11-3-2-4-12(33)10-35-9-11)7-16(26)19(20(21)28)13-5-6-17(27)22-18(13)15(8-29)23(30)36-22/h5-7,11-12H,2-4,9-10,30H2,1H3. The number of hydrogen-bond donors (Lipinski definition) is 1. The van der Waals surface area contributed by atoms with Gasteiger partial charge in [-0.15, -0.1) is 11.3 Å². The van der Waals surface area contributed by atoms with Crippen LogP contribution in [0.2, 0.25) is 5.02 Å². The van der Waals surface area contributed by atoms with Crippen LogP contribution in [0.5, 0.6) is 6.01 Å². The van der Waals surface area contributed by atoms with Crippen LogP contribution in [-0.4, -0.2) is 42.4 Å². The monoisotopic (exact) mass is 527 g/mol. The second-order valence-corrected chi connectivity index (χ2v) is 10.4. The molecule has 4 heterocycles. The molecule has 184 valence electrons. The van der Waals surface area contributed by atoms with Crippen molar-refractivity contribution in [3.63, 3.8) is 0 Å². The summed E-state index contributed by atoms with van der Waals surface area (Å²) < 4.78 is 42.2. The third-order valence-corrected chi connectivity index (χ3v) is 8.28. The van der Waals surface area contributed by atoms with E-state index in [-0.39, 0.29) is 60.4 Å². The van der Waals surface area contributed by atoms with E-state index in [2.05, 4.69) is 14.9 Å². The number of nitriles is 1. The van der Waals surface area contributed by atoms with E-state index in [1.165, 1.54) is 19.2 Å². The van der Waals surface area contributed by atoms with E-state index >= 15 is 4.39 Å². The summed E-state index contributed by atoms with van der Waals surface area (Å²) in [7, 11) is 1.43. The van der Waals surface area contributed by atoms with Gasteiger partial charge in [-0.25, -0.2) is 8.78 Å². The predicted molar refractivity (Wildman–Crippen MR) is 136 cm³/mol. The number of thiophene rings is 1. The van der Waals surface area contributed by atoms with E-state index < -0.39 is 11.6 Å². The Balaban J connectivity index is 1.64. The summed E-state index contributed by atoms with van der Waals surface area (Å²) in [5.74, 6) is -0.710. The Morgan fingerprint density at radius 3 is 2.69 bits per heavy atom. The Morgan fingerprint density at radius 1 is 1.25 bits per heavy atom. The van der Waals surface area contributed by atoms with Crippen molar-refractivity contribution in [3.8, 4) is 23.2 Å². The molecule has 0 spiro atoms. The van der Waals surface area contributed by atoms with Gasteiger partial charge in [0, 0.05) is 16.3 Å². The first-order valence-electron chi connectivity index (χ1n) is 11.4. The zero-order chi connectivity index (χ0) is 25.1. The number of hydrogen-bond acceptors (Lipinski definition) is 8. The van der Waals surface area contributed by atoms with Crippen molar-refractivity contribution in [1.82, 2.24) is 9.97 Å². The molecule has 0 aliphatic carbocycles. The van der Waals surface area contributed by atoms with Crippen LogP contribution in [0, 0.1) is 23.0 Å². The highest BCUT2D eigenvalue weighted by molar-refractivity contribution is 7.23. The van der Waals surface area contributed by atoms with Gasteiger partial charge in [0.15, 0.2) is 5.82 Å². The normalized spacial score (nSPS) is 19.6. The van der Waals surface area contributed by atoms with E-state index in [4.69, 9.17) is 26.8 Å².